The molecule has 2 rings (SSSR count). The Morgan fingerprint density at radius 3 is 2.94 bits per heavy atom. The third-order valence-electron chi connectivity index (χ3n) is 3.27. The van der Waals surface area contributed by atoms with Crippen LogP contribution in [0.1, 0.15) is 26.2 Å². The topological polar surface area (TPSA) is 28.2 Å². The minimum Gasteiger partial charge on any atom is -0.355 e. The van der Waals surface area contributed by atoms with Crippen molar-refractivity contribution in [2.24, 2.45) is 0 Å². The van der Waals surface area contributed by atoms with Crippen molar-refractivity contribution in [1.82, 2.24) is 10.3 Å². The Kier molecular flexibility index (Phi) is 4.63. The number of aromatic nitrogens is 1. The fraction of sp³-hybridized carbons (Fsp3) is 0.615. The average molecular weight is 254 g/mol. The molecule has 0 radical (unpaired) electrons. The standard InChI is InChI=1S/C13H20ClN3/c1-2-17(10-12-5-3-4-8-15-12)13-7-6-11(14)9-16-13/h6-7,9,12,15H,2-5,8,10H2,1H3. The zero-order chi connectivity index (χ0) is 12.1. The van der Waals surface area contributed by atoms with Crippen LogP contribution in [-0.4, -0.2) is 30.7 Å². The first-order valence-electron chi connectivity index (χ1n) is 6.39. The van der Waals surface area contributed by atoms with Crippen molar-refractivity contribution in [2.45, 2.75) is 32.2 Å². The van der Waals surface area contributed by atoms with Gasteiger partial charge < -0.3 is 10.2 Å². The summed E-state index contributed by atoms with van der Waals surface area (Å²) in [5.74, 6) is 1.02. The largest absolute Gasteiger partial charge is 0.355 e. The van der Waals surface area contributed by atoms with E-state index in [1.165, 1.54) is 19.3 Å². The van der Waals surface area contributed by atoms with Crippen LogP contribution in [0.15, 0.2) is 18.3 Å². The molecule has 0 aliphatic carbocycles. The number of rotatable bonds is 4. The minimum atomic E-state index is 0.598. The normalized spacial score (nSPS) is 20.2. The van der Waals surface area contributed by atoms with E-state index in [2.05, 4.69) is 22.1 Å². The van der Waals surface area contributed by atoms with Crippen LogP contribution in [0, 0.1) is 0 Å². The van der Waals surface area contributed by atoms with Crippen molar-refractivity contribution >= 4 is 17.4 Å². The SMILES string of the molecule is CCN(CC1CCCCN1)c1ccc(Cl)cn1. The number of likely N-dealkylation sites (N-methyl/N-ethyl adjacent to an activating group) is 1. The summed E-state index contributed by atoms with van der Waals surface area (Å²) in [5, 5.41) is 4.26. The van der Waals surface area contributed by atoms with Gasteiger partial charge in [-0.2, -0.15) is 0 Å². The second kappa shape index (κ2) is 6.22. The molecule has 0 amide bonds. The lowest BCUT2D eigenvalue weighted by Crippen LogP contribution is -2.44. The van der Waals surface area contributed by atoms with E-state index in [9.17, 15) is 0 Å². The fourth-order valence-electron chi connectivity index (χ4n) is 2.29. The number of hydrogen-bond acceptors (Lipinski definition) is 3. The first kappa shape index (κ1) is 12.7. The van der Waals surface area contributed by atoms with Gasteiger partial charge in [0.1, 0.15) is 5.82 Å². The maximum Gasteiger partial charge on any atom is 0.128 e. The number of anilines is 1. The molecule has 1 N–H and O–H groups in total. The van der Waals surface area contributed by atoms with Gasteiger partial charge in [0, 0.05) is 25.3 Å². The van der Waals surface area contributed by atoms with E-state index in [-0.39, 0.29) is 0 Å². The van der Waals surface area contributed by atoms with Gasteiger partial charge in [-0.3, -0.25) is 0 Å². The second-order valence-electron chi connectivity index (χ2n) is 4.52. The number of piperidine rings is 1. The Bertz CT molecular complexity index is 333. The van der Waals surface area contributed by atoms with Gasteiger partial charge in [0.05, 0.1) is 5.02 Å². The smallest absolute Gasteiger partial charge is 0.128 e. The van der Waals surface area contributed by atoms with Gasteiger partial charge in [0.15, 0.2) is 0 Å². The van der Waals surface area contributed by atoms with Gasteiger partial charge >= 0.3 is 0 Å². The van der Waals surface area contributed by atoms with E-state index in [1.807, 2.05) is 12.1 Å². The summed E-state index contributed by atoms with van der Waals surface area (Å²) in [5.41, 5.74) is 0. The molecular formula is C13H20ClN3. The molecule has 1 aromatic heterocycles. The van der Waals surface area contributed by atoms with Crippen LogP contribution in [0.5, 0.6) is 0 Å². The van der Waals surface area contributed by atoms with Crippen LogP contribution >= 0.6 is 11.6 Å². The number of hydrogen-bond donors (Lipinski definition) is 1. The predicted molar refractivity (Wildman–Crippen MR) is 72.8 cm³/mol. The fourth-order valence-corrected chi connectivity index (χ4v) is 2.40. The van der Waals surface area contributed by atoms with Crippen LogP contribution in [0.4, 0.5) is 5.82 Å². The average Bonchev–Trinajstić information content (AvgIpc) is 2.38. The van der Waals surface area contributed by atoms with Crippen molar-refractivity contribution in [1.29, 1.82) is 0 Å². The minimum absolute atomic E-state index is 0.598. The number of nitrogens with one attached hydrogen (secondary N) is 1. The predicted octanol–water partition coefficient (Wildman–Crippen LogP) is 2.70. The molecule has 0 aromatic carbocycles. The molecule has 2 heterocycles. The Hall–Kier alpha value is -0.800. The van der Waals surface area contributed by atoms with E-state index in [4.69, 9.17) is 11.6 Å². The molecule has 4 heteroatoms. The molecule has 0 saturated carbocycles. The molecule has 1 saturated heterocycles. The van der Waals surface area contributed by atoms with Gasteiger partial charge in [-0.15, -0.1) is 0 Å². The molecule has 1 aliphatic rings. The van der Waals surface area contributed by atoms with Crippen molar-refractivity contribution in [3.63, 3.8) is 0 Å². The van der Waals surface area contributed by atoms with E-state index >= 15 is 0 Å². The van der Waals surface area contributed by atoms with E-state index < -0.39 is 0 Å². The first-order valence-corrected chi connectivity index (χ1v) is 6.77. The molecule has 1 aliphatic heterocycles. The highest BCUT2D eigenvalue weighted by Crippen LogP contribution is 2.16. The quantitative estimate of drug-likeness (QED) is 0.894. The second-order valence-corrected chi connectivity index (χ2v) is 4.96. The molecule has 1 atom stereocenters. The molecule has 1 fully saturated rings. The molecule has 0 spiro atoms. The van der Waals surface area contributed by atoms with E-state index in [0.717, 1.165) is 25.5 Å². The van der Waals surface area contributed by atoms with Gasteiger partial charge in [-0.25, -0.2) is 4.98 Å². The van der Waals surface area contributed by atoms with Gasteiger partial charge in [0.25, 0.3) is 0 Å². The Morgan fingerprint density at radius 2 is 2.35 bits per heavy atom. The van der Waals surface area contributed by atoms with Crippen LogP contribution in [-0.2, 0) is 0 Å². The molecule has 3 nitrogen and oxygen atoms in total. The summed E-state index contributed by atoms with van der Waals surface area (Å²) >= 11 is 5.86. The number of pyridine rings is 1. The summed E-state index contributed by atoms with van der Waals surface area (Å²) < 4.78 is 0. The highest BCUT2D eigenvalue weighted by atomic mass is 35.5. The molecule has 17 heavy (non-hydrogen) atoms. The molecule has 0 bridgehead atoms. The van der Waals surface area contributed by atoms with Crippen LogP contribution in [0.3, 0.4) is 0 Å². The number of halogens is 1. The van der Waals surface area contributed by atoms with Crippen LogP contribution in [0.25, 0.3) is 0 Å². The van der Waals surface area contributed by atoms with Gasteiger partial charge in [-0.1, -0.05) is 18.0 Å². The van der Waals surface area contributed by atoms with Crippen molar-refractivity contribution < 1.29 is 0 Å². The zero-order valence-corrected chi connectivity index (χ0v) is 11.1. The molecule has 94 valence electrons. The summed E-state index contributed by atoms with van der Waals surface area (Å²) in [6.45, 7) is 5.33. The van der Waals surface area contributed by atoms with Gasteiger partial charge in [-0.05, 0) is 38.4 Å². The third kappa shape index (κ3) is 3.58. The van der Waals surface area contributed by atoms with Gasteiger partial charge in [0.2, 0.25) is 0 Å². The lowest BCUT2D eigenvalue weighted by Gasteiger charge is -2.30. The van der Waals surface area contributed by atoms with E-state index in [1.54, 1.807) is 6.20 Å². The van der Waals surface area contributed by atoms with Crippen LogP contribution < -0.4 is 10.2 Å². The maximum atomic E-state index is 5.86. The third-order valence-corrected chi connectivity index (χ3v) is 3.49. The van der Waals surface area contributed by atoms with E-state index in [0.29, 0.717) is 11.1 Å². The molecule has 1 aromatic rings. The monoisotopic (exact) mass is 253 g/mol. The van der Waals surface area contributed by atoms with Crippen molar-refractivity contribution in [3.8, 4) is 0 Å². The lowest BCUT2D eigenvalue weighted by molar-refractivity contribution is 0.399. The summed E-state index contributed by atoms with van der Waals surface area (Å²) in [6.07, 6.45) is 5.63. The van der Waals surface area contributed by atoms with Crippen molar-refractivity contribution in [2.75, 3.05) is 24.5 Å². The Labute approximate surface area is 108 Å². The summed E-state index contributed by atoms with van der Waals surface area (Å²) in [6, 6.07) is 4.50. The zero-order valence-electron chi connectivity index (χ0n) is 10.3. The molecular weight excluding hydrogens is 234 g/mol. The first-order chi connectivity index (χ1) is 8.29. The molecule has 1 unspecified atom stereocenters. The number of nitrogens with zero attached hydrogens (tertiary/aromatic N) is 2. The lowest BCUT2D eigenvalue weighted by atomic mass is 10.0. The van der Waals surface area contributed by atoms with Crippen molar-refractivity contribution in [3.05, 3.63) is 23.4 Å². The maximum absolute atomic E-state index is 5.86. The Balaban J connectivity index is 1.97. The highest BCUT2D eigenvalue weighted by molar-refractivity contribution is 6.30. The summed E-state index contributed by atoms with van der Waals surface area (Å²) in [4.78, 5) is 6.69. The highest BCUT2D eigenvalue weighted by Gasteiger charge is 2.16. The summed E-state index contributed by atoms with van der Waals surface area (Å²) in [7, 11) is 0. The van der Waals surface area contributed by atoms with Crippen LogP contribution in [0.2, 0.25) is 5.02 Å². The Morgan fingerprint density at radius 1 is 1.47 bits per heavy atom.